The van der Waals surface area contributed by atoms with Gasteiger partial charge in [0.15, 0.2) is 11.8 Å². The van der Waals surface area contributed by atoms with Crippen LogP contribution in [0.4, 0.5) is 5.82 Å². The summed E-state index contributed by atoms with van der Waals surface area (Å²) in [4.78, 5) is 27.6. The molecule has 2 N–H and O–H groups in total. The number of nitrogens with one attached hydrogen (secondary N) is 1. The number of benzene rings is 1. The first-order valence-corrected chi connectivity index (χ1v) is 11.6. The number of para-hydroxylation sites is 1. The fourth-order valence-electron chi connectivity index (χ4n) is 3.79. The zero-order valence-corrected chi connectivity index (χ0v) is 20.1. The normalized spacial score (nSPS) is 14.7. The van der Waals surface area contributed by atoms with E-state index < -0.39 is 18.1 Å². The zero-order valence-electron chi connectivity index (χ0n) is 18.5. The molecule has 1 aliphatic rings. The number of halogens is 2. The Labute approximate surface area is 214 Å². The van der Waals surface area contributed by atoms with Gasteiger partial charge in [0.05, 0.1) is 27.9 Å². The Morgan fingerprint density at radius 1 is 1.22 bits per heavy atom. The van der Waals surface area contributed by atoms with Crippen molar-refractivity contribution in [2.24, 2.45) is 0 Å². The van der Waals surface area contributed by atoms with Crippen LogP contribution in [-0.2, 0) is 4.79 Å². The molecular formula is C23H18Cl2N8O3. The number of amides is 1. The maximum atomic E-state index is 13.1. The van der Waals surface area contributed by atoms with Crippen molar-refractivity contribution >= 4 is 46.0 Å². The number of fused-ring (bicyclic) bond motifs is 1. The van der Waals surface area contributed by atoms with Crippen molar-refractivity contribution in [3.63, 3.8) is 0 Å². The molecule has 13 heteroatoms. The van der Waals surface area contributed by atoms with Crippen molar-refractivity contribution in [3.8, 4) is 17.6 Å². The van der Waals surface area contributed by atoms with Crippen molar-refractivity contribution in [2.75, 3.05) is 25.0 Å². The molecule has 1 aliphatic heterocycles. The number of carbonyl (C=O) groups is 1. The van der Waals surface area contributed by atoms with Gasteiger partial charge in [0.25, 0.3) is 5.91 Å². The number of ether oxygens (including phenoxy) is 1. The molecule has 3 aromatic heterocycles. The van der Waals surface area contributed by atoms with E-state index in [1.54, 1.807) is 30.3 Å². The maximum Gasteiger partial charge on any atom is 0.268 e. The summed E-state index contributed by atoms with van der Waals surface area (Å²) in [6.07, 6.45) is 2.75. The Balaban J connectivity index is 1.46. The molecule has 0 unspecified atom stereocenters. The third kappa shape index (κ3) is 4.80. The smallest absolute Gasteiger partial charge is 0.268 e. The lowest BCUT2D eigenvalue weighted by atomic mass is 10.1. The summed E-state index contributed by atoms with van der Waals surface area (Å²) >= 11 is 12.2. The molecule has 1 atom stereocenters. The largest absolute Gasteiger partial charge is 0.462 e. The van der Waals surface area contributed by atoms with Crippen molar-refractivity contribution in [3.05, 3.63) is 64.7 Å². The van der Waals surface area contributed by atoms with Gasteiger partial charge < -0.3 is 15.2 Å². The summed E-state index contributed by atoms with van der Waals surface area (Å²) in [6, 6.07) is 10.2. The van der Waals surface area contributed by atoms with Crippen molar-refractivity contribution in [1.82, 2.24) is 29.6 Å². The lowest BCUT2D eigenvalue weighted by Crippen LogP contribution is -2.55. The molecule has 11 nitrogen and oxygen atoms in total. The van der Waals surface area contributed by atoms with Crippen LogP contribution in [0.15, 0.2) is 49.1 Å². The number of nitriles is 1. The van der Waals surface area contributed by atoms with Crippen molar-refractivity contribution in [2.45, 2.75) is 12.2 Å². The van der Waals surface area contributed by atoms with Gasteiger partial charge in [-0.1, -0.05) is 29.3 Å². The number of aromatic nitrogens is 5. The molecule has 0 spiro atoms. The number of hydrogen-bond donors (Lipinski definition) is 2. The highest BCUT2D eigenvalue weighted by atomic mass is 35.5. The first kappa shape index (κ1) is 23.9. The minimum absolute atomic E-state index is 0.127. The summed E-state index contributed by atoms with van der Waals surface area (Å²) < 4.78 is 7.51. The molecule has 1 amide bonds. The maximum absolute atomic E-state index is 13.1. The van der Waals surface area contributed by atoms with Gasteiger partial charge in [-0.05, 0) is 24.3 Å². The number of anilines is 1. The standard InChI is InChI=1S/C23H18Cl2N8O3/c24-14-4-5-19(27-7-14)31-22(35)18(11-32-9-15(34)10-32)36-23-16-8-30-33(21(16)28-12-29-23)20-13(6-26)2-1-3-17(20)25/h1-5,7-8,12,15,18,34H,9-11H2,(H,27,31,35)/t18-/m0/s1. The third-order valence-electron chi connectivity index (χ3n) is 5.54. The van der Waals surface area contributed by atoms with Crippen LogP contribution in [0.1, 0.15) is 5.56 Å². The molecule has 1 fully saturated rings. The number of hydrogen-bond acceptors (Lipinski definition) is 9. The van der Waals surface area contributed by atoms with Gasteiger partial charge >= 0.3 is 0 Å². The second-order valence-corrected chi connectivity index (χ2v) is 8.89. The van der Waals surface area contributed by atoms with E-state index in [2.05, 4.69) is 31.4 Å². The summed E-state index contributed by atoms with van der Waals surface area (Å²) in [7, 11) is 0. The minimum Gasteiger partial charge on any atom is -0.462 e. The number of pyridine rings is 1. The van der Waals surface area contributed by atoms with Gasteiger partial charge in [-0.25, -0.2) is 19.6 Å². The number of aliphatic hydroxyl groups is 1. The lowest BCUT2D eigenvalue weighted by molar-refractivity contribution is -0.125. The predicted molar refractivity (Wildman–Crippen MR) is 131 cm³/mol. The second-order valence-electron chi connectivity index (χ2n) is 8.05. The Kier molecular flexibility index (Phi) is 6.67. The van der Waals surface area contributed by atoms with Crippen molar-refractivity contribution in [1.29, 1.82) is 5.26 Å². The average molecular weight is 525 g/mol. The Morgan fingerprint density at radius 2 is 2.06 bits per heavy atom. The molecule has 1 saturated heterocycles. The summed E-state index contributed by atoms with van der Waals surface area (Å²) in [5.74, 6) is -0.0182. The predicted octanol–water partition coefficient (Wildman–Crippen LogP) is 2.45. The molecule has 182 valence electrons. The van der Waals surface area contributed by atoms with E-state index in [0.29, 0.717) is 51.2 Å². The molecule has 0 bridgehead atoms. The van der Waals surface area contributed by atoms with E-state index in [1.165, 1.54) is 23.4 Å². The summed E-state index contributed by atoms with van der Waals surface area (Å²) in [5, 5.41) is 27.5. The minimum atomic E-state index is -0.994. The molecule has 36 heavy (non-hydrogen) atoms. The lowest BCUT2D eigenvalue weighted by Gasteiger charge is -2.37. The monoisotopic (exact) mass is 524 g/mol. The van der Waals surface area contributed by atoms with Gasteiger partial charge in [-0.2, -0.15) is 10.4 Å². The van der Waals surface area contributed by atoms with Crippen LogP contribution < -0.4 is 10.1 Å². The van der Waals surface area contributed by atoms with Crippen LogP contribution in [0, 0.1) is 11.3 Å². The molecule has 0 saturated carbocycles. The molecular weight excluding hydrogens is 507 g/mol. The zero-order chi connectivity index (χ0) is 25.2. The number of likely N-dealkylation sites (tertiary alicyclic amines) is 1. The van der Waals surface area contributed by atoms with Crippen LogP contribution >= 0.6 is 23.2 Å². The van der Waals surface area contributed by atoms with Crippen LogP contribution in [0.25, 0.3) is 16.7 Å². The van der Waals surface area contributed by atoms with E-state index in [1.807, 2.05) is 4.90 Å². The van der Waals surface area contributed by atoms with Crippen molar-refractivity contribution < 1.29 is 14.6 Å². The van der Waals surface area contributed by atoms with Crippen LogP contribution in [-0.4, -0.2) is 72.5 Å². The van der Waals surface area contributed by atoms with Gasteiger partial charge in [0, 0.05) is 25.8 Å². The summed E-state index contributed by atoms with van der Waals surface area (Å²) in [6.45, 7) is 1.05. The van der Waals surface area contributed by atoms with Gasteiger partial charge in [-0.3, -0.25) is 9.69 Å². The van der Waals surface area contributed by atoms with E-state index in [9.17, 15) is 15.2 Å². The van der Waals surface area contributed by atoms with E-state index in [0.717, 1.165) is 0 Å². The molecule has 4 heterocycles. The third-order valence-corrected chi connectivity index (χ3v) is 6.06. The quantitative estimate of drug-likeness (QED) is 0.372. The average Bonchev–Trinajstić information content (AvgIpc) is 3.28. The van der Waals surface area contributed by atoms with Gasteiger partial charge in [0.1, 0.15) is 29.3 Å². The number of rotatable bonds is 7. The molecule has 0 aliphatic carbocycles. The second kappa shape index (κ2) is 10.0. The molecule has 1 aromatic carbocycles. The van der Waals surface area contributed by atoms with Gasteiger partial charge in [-0.15, -0.1) is 0 Å². The summed E-state index contributed by atoms with van der Waals surface area (Å²) in [5.41, 5.74) is 1.04. The Hall–Kier alpha value is -3.82. The number of β-amino-alcohol motifs (C(OH)–C–C–N with tert-alkyl or cyclic N) is 1. The fourth-order valence-corrected chi connectivity index (χ4v) is 4.16. The Morgan fingerprint density at radius 3 is 2.78 bits per heavy atom. The van der Waals surface area contributed by atoms with E-state index in [-0.39, 0.29) is 12.4 Å². The first-order chi connectivity index (χ1) is 17.4. The fraction of sp³-hybridized carbons (Fsp3) is 0.217. The topological polar surface area (TPSA) is 142 Å². The van der Waals surface area contributed by atoms with Crippen LogP contribution in [0.2, 0.25) is 10.0 Å². The number of carbonyl (C=O) groups excluding carboxylic acids is 1. The van der Waals surface area contributed by atoms with Crippen LogP contribution in [0.3, 0.4) is 0 Å². The SMILES string of the molecule is N#Cc1cccc(Cl)c1-n1ncc2c(O[C@@H](CN3CC(O)C3)C(=O)Nc3ccc(Cl)cn3)ncnc21. The number of nitrogens with zero attached hydrogens (tertiary/aromatic N) is 7. The highest BCUT2D eigenvalue weighted by molar-refractivity contribution is 6.32. The van der Waals surface area contributed by atoms with Crippen LogP contribution in [0.5, 0.6) is 5.88 Å². The van der Waals surface area contributed by atoms with Gasteiger partial charge in [0.2, 0.25) is 5.88 Å². The Bertz CT molecular complexity index is 1460. The van der Waals surface area contributed by atoms with E-state index >= 15 is 0 Å². The molecule has 4 aromatic rings. The number of aliphatic hydroxyl groups excluding tert-OH is 1. The molecule has 5 rings (SSSR count). The molecule has 0 radical (unpaired) electrons. The van der Waals surface area contributed by atoms with E-state index in [4.69, 9.17) is 27.9 Å². The highest BCUT2D eigenvalue weighted by Crippen LogP contribution is 2.29. The highest BCUT2D eigenvalue weighted by Gasteiger charge is 2.32. The first-order valence-electron chi connectivity index (χ1n) is 10.8.